The van der Waals surface area contributed by atoms with Crippen molar-refractivity contribution < 1.29 is 9.84 Å². The van der Waals surface area contributed by atoms with Crippen LogP contribution in [0.4, 0.5) is 0 Å². The minimum atomic E-state index is -0.0337. The van der Waals surface area contributed by atoms with Crippen LogP contribution in [-0.4, -0.2) is 47.3 Å². The molecule has 1 aromatic carbocycles. The lowest BCUT2D eigenvalue weighted by atomic mass is 9.73. The van der Waals surface area contributed by atoms with E-state index in [2.05, 4.69) is 40.7 Å². The average Bonchev–Trinajstić information content (AvgIpc) is 2.69. The quantitative estimate of drug-likeness (QED) is 0.822. The van der Waals surface area contributed by atoms with Crippen molar-refractivity contribution in [2.24, 2.45) is 11.8 Å². The number of benzene rings is 1. The molecule has 0 saturated carbocycles. The summed E-state index contributed by atoms with van der Waals surface area (Å²) in [6.07, 6.45) is 6.34. The molecule has 5 rings (SSSR count). The molecule has 0 spiro atoms. The first-order chi connectivity index (χ1) is 12.3. The van der Waals surface area contributed by atoms with Crippen LogP contribution in [-0.2, 0) is 4.74 Å². The third-order valence-corrected chi connectivity index (χ3v) is 5.88. The van der Waals surface area contributed by atoms with Crippen LogP contribution in [0.15, 0.2) is 49.2 Å². The maximum atomic E-state index is 9.32. The Bertz CT molecular complexity index is 742. The van der Waals surface area contributed by atoms with Crippen LogP contribution in [0.3, 0.4) is 0 Å². The topological polar surface area (TPSA) is 45.6 Å². The highest BCUT2D eigenvalue weighted by Crippen LogP contribution is 2.43. The van der Waals surface area contributed by atoms with E-state index in [-0.39, 0.29) is 12.7 Å². The summed E-state index contributed by atoms with van der Waals surface area (Å²) in [5.74, 6) is 1.29. The third kappa shape index (κ3) is 3.10. The first-order valence-electron chi connectivity index (χ1n) is 9.24. The van der Waals surface area contributed by atoms with E-state index in [0.29, 0.717) is 24.5 Å². The molecule has 0 aliphatic carbocycles. The number of aliphatic hydroxyl groups excluding tert-OH is 1. The van der Waals surface area contributed by atoms with E-state index >= 15 is 0 Å². The van der Waals surface area contributed by atoms with Crippen LogP contribution in [0.1, 0.15) is 24.5 Å². The lowest BCUT2D eigenvalue weighted by Gasteiger charge is -2.51. The predicted molar refractivity (Wildman–Crippen MR) is 99.3 cm³/mol. The van der Waals surface area contributed by atoms with Gasteiger partial charge in [0.15, 0.2) is 0 Å². The summed E-state index contributed by atoms with van der Waals surface area (Å²) < 4.78 is 6.20. The van der Waals surface area contributed by atoms with Gasteiger partial charge >= 0.3 is 0 Å². The SMILES string of the molecule is C=C[C@H]1CN2CC[C@H]1C[C@H]2[C@H](OCCO)c1ccnc2ccccc12. The third-order valence-electron chi connectivity index (χ3n) is 5.88. The molecule has 132 valence electrons. The number of pyridine rings is 1. The summed E-state index contributed by atoms with van der Waals surface area (Å²) in [4.78, 5) is 7.05. The summed E-state index contributed by atoms with van der Waals surface area (Å²) in [6.45, 7) is 6.63. The van der Waals surface area contributed by atoms with Gasteiger partial charge in [0.05, 0.1) is 24.8 Å². The van der Waals surface area contributed by atoms with Crippen molar-refractivity contribution >= 4 is 10.9 Å². The van der Waals surface area contributed by atoms with Crippen LogP contribution in [0.25, 0.3) is 10.9 Å². The maximum Gasteiger partial charge on any atom is 0.0988 e. The van der Waals surface area contributed by atoms with Crippen LogP contribution < -0.4 is 0 Å². The lowest BCUT2D eigenvalue weighted by Crippen LogP contribution is -2.55. The van der Waals surface area contributed by atoms with Gasteiger partial charge in [-0.05, 0) is 48.9 Å². The summed E-state index contributed by atoms with van der Waals surface area (Å²) in [5, 5.41) is 10.5. The maximum absolute atomic E-state index is 9.32. The van der Waals surface area contributed by atoms with E-state index in [0.717, 1.165) is 30.4 Å². The molecule has 2 aromatic rings. The molecule has 3 saturated heterocycles. The molecule has 0 amide bonds. The Labute approximate surface area is 149 Å². The number of aromatic nitrogens is 1. The van der Waals surface area contributed by atoms with Gasteiger partial charge in [-0.3, -0.25) is 9.88 Å². The molecule has 2 bridgehead atoms. The van der Waals surface area contributed by atoms with Gasteiger partial charge in [-0.25, -0.2) is 0 Å². The molecule has 1 N–H and O–H groups in total. The van der Waals surface area contributed by atoms with E-state index in [9.17, 15) is 5.11 Å². The molecule has 1 aromatic heterocycles. The van der Waals surface area contributed by atoms with Gasteiger partial charge < -0.3 is 9.84 Å². The fraction of sp³-hybridized carbons (Fsp3) is 0.476. The van der Waals surface area contributed by atoms with E-state index in [1.807, 2.05) is 18.3 Å². The largest absolute Gasteiger partial charge is 0.394 e. The highest BCUT2D eigenvalue weighted by atomic mass is 16.5. The van der Waals surface area contributed by atoms with Crippen LogP contribution in [0, 0.1) is 11.8 Å². The minimum Gasteiger partial charge on any atom is -0.394 e. The number of rotatable bonds is 6. The molecule has 4 heterocycles. The van der Waals surface area contributed by atoms with Crippen molar-refractivity contribution in [2.45, 2.75) is 25.0 Å². The molecule has 1 unspecified atom stereocenters. The molecule has 4 heteroatoms. The minimum absolute atomic E-state index is 0.0337. The second-order valence-corrected chi connectivity index (χ2v) is 7.18. The van der Waals surface area contributed by atoms with Crippen LogP contribution >= 0.6 is 0 Å². The molecule has 3 fully saturated rings. The van der Waals surface area contributed by atoms with Gasteiger partial charge in [-0.2, -0.15) is 0 Å². The smallest absolute Gasteiger partial charge is 0.0988 e. The molecular formula is C21H26N2O2. The van der Waals surface area contributed by atoms with Crippen LogP contribution in [0.2, 0.25) is 0 Å². The summed E-state index contributed by atoms with van der Waals surface area (Å²) in [7, 11) is 0. The number of piperidine rings is 3. The second kappa shape index (κ2) is 7.24. The first-order valence-corrected chi connectivity index (χ1v) is 9.24. The second-order valence-electron chi connectivity index (χ2n) is 7.18. The molecule has 5 atom stereocenters. The molecule has 3 aliphatic heterocycles. The Morgan fingerprint density at radius 1 is 1.36 bits per heavy atom. The monoisotopic (exact) mass is 338 g/mol. The average molecular weight is 338 g/mol. The van der Waals surface area contributed by atoms with Gasteiger partial charge in [0.1, 0.15) is 0 Å². The molecule has 25 heavy (non-hydrogen) atoms. The van der Waals surface area contributed by atoms with E-state index < -0.39 is 0 Å². The highest BCUT2D eigenvalue weighted by molar-refractivity contribution is 5.82. The van der Waals surface area contributed by atoms with Crippen molar-refractivity contribution in [3.8, 4) is 0 Å². The Hall–Kier alpha value is -1.75. The number of ether oxygens (including phenoxy) is 1. The van der Waals surface area contributed by atoms with Gasteiger partial charge in [0.2, 0.25) is 0 Å². The first kappa shape index (κ1) is 16.7. The Kier molecular flexibility index (Phi) is 4.84. The van der Waals surface area contributed by atoms with Crippen molar-refractivity contribution in [2.75, 3.05) is 26.3 Å². The Morgan fingerprint density at radius 2 is 2.24 bits per heavy atom. The summed E-state index contributed by atoms with van der Waals surface area (Å²) in [6, 6.07) is 10.7. The van der Waals surface area contributed by atoms with Crippen molar-refractivity contribution in [3.63, 3.8) is 0 Å². The summed E-state index contributed by atoms with van der Waals surface area (Å²) >= 11 is 0. The lowest BCUT2D eigenvalue weighted by molar-refractivity contribution is -0.0802. The highest BCUT2D eigenvalue weighted by Gasteiger charge is 2.43. The number of hydrogen-bond acceptors (Lipinski definition) is 4. The van der Waals surface area contributed by atoms with E-state index in [1.54, 1.807) is 0 Å². The molecule has 0 radical (unpaired) electrons. The fourth-order valence-corrected chi connectivity index (χ4v) is 4.65. The zero-order chi connectivity index (χ0) is 17.2. The number of nitrogens with zero attached hydrogens (tertiary/aromatic N) is 2. The zero-order valence-electron chi connectivity index (χ0n) is 14.6. The van der Waals surface area contributed by atoms with Gasteiger partial charge in [0, 0.05) is 24.2 Å². The number of hydrogen-bond donors (Lipinski definition) is 1. The molecule has 4 nitrogen and oxygen atoms in total. The normalized spacial score (nSPS) is 29.6. The zero-order valence-corrected chi connectivity index (χ0v) is 14.6. The molecular weight excluding hydrogens is 312 g/mol. The number of para-hydroxylation sites is 1. The van der Waals surface area contributed by atoms with Crippen molar-refractivity contribution in [1.29, 1.82) is 0 Å². The van der Waals surface area contributed by atoms with E-state index in [4.69, 9.17) is 4.74 Å². The van der Waals surface area contributed by atoms with Gasteiger partial charge in [0.25, 0.3) is 0 Å². The molecule has 3 aliphatic rings. The van der Waals surface area contributed by atoms with Crippen LogP contribution in [0.5, 0.6) is 0 Å². The predicted octanol–water partition coefficient (Wildman–Crippen LogP) is 3.18. The van der Waals surface area contributed by atoms with Crippen molar-refractivity contribution in [1.82, 2.24) is 9.88 Å². The Balaban J connectivity index is 1.70. The van der Waals surface area contributed by atoms with Gasteiger partial charge in [-0.1, -0.05) is 24.3 Å². The van der Waals surface area contributed by atoms with E-state index in [1.165, 1.54) is 12.0 Å². The Morgan fingerprint density at radius 3 is 3.00 bits per heavy atom. The van der Waals surface area contributed by atoms with Gasteiger partial charge in [-0.15, -0.1) is 6.58 Å². The fourth-order valence-electron chi connectivity index (χ4n) is 4.65. The van der Waals surface area contributed by atoms with Crippen molar-refractivity contribution in [3.05, 3.63) is 54.7 Å². The standard InChI is InChI=1S/C21H26N2O2/c1-2-15-14-23-10-8-16(15)13-20(23)21(25-12-11-24)18-7-9-22-19-6-4-3-5-17(18)19/h2-7,9,15-16,20-21,24H,1,8,10-14H2/t15-,16-,20-,21+/m0/s1. The summed E-state index contributed by atoms with van der Waals surface area (Å²) in [5.41, 5.74) is 2.18. The number of fused-ring (bicyclic) bond motifs is 4. The number of aliphatic hydroxyl groups is 1.